The van der Waals surface area contributed by atoms with Crippen molar-refractivity contribution in [1.82, 2.24) is 0 Å². The quantitative estimate of drug-likeness (QED) is 0.129. The first-order valence-corrected chi connectivity index (χ1v) is 18.6. The first kappa shape index (κ1) is 36.9. The Morgan fingerprint density at radius 3 is 1.57 bits per heavy atom. The highest BCUT2D eigenvalue weighted by atomic mass is 16.9. The van der Waals surface area contributed by atoms with Crippen LogP contribution in [-0.2, 0) is 78.6 Å². The number of hydrogen-bond acceptors (Lipinski definition) is 11. The van der Waals surface area contributed by atoms with Gasteiger partial charge in [0.1, 0.15) is 42.7 Å². The van der Waals surface area contributed by atoms with Crippen LogP contribution in [0.3, 0.4) is 0 Å². The predicted molar refractivity (Wildman–Crippen MR) is 193 cm³/mol. The Hall–Kier alpha value is -4.01. The second-order valence-electron chi connectivity index (χ2n) is 14.0. The predicted octanol–water partition coefficient (Wildman–Crippen LogP) is 5.87. The lowest BCUT2D eigenvalue weighted by molar-refractivity contribution is -0.475. The van der Waals surface area contributed by atoms with Crippen LogP contribution in [0, 0.1) is 0 Å². The molecule has 4 heterocycles. The zero-order valence-corrected chi connectivity index (χ0v) is 30.1. The van der Waals surface area contributed by atoms with Crippen LogP contribution in [0.4, 0.5) is 0 Å². The normalized spacial score (nSPS) is 31.3. The third-order valence-corrected chi connectivity index (χ3v) is 10.1. The summed E-state index contributed by atoms with van der Waals surface area (Å²) in [5.74, 6) is -0.430. The maximum atomic E-state index is 12.2. The van der Waals surface area contributed by atoms with E-state index in [1.165, 1.54) is 6.92 Å². The van der Waals surface area contributed by atoms with E-state index in [4.69, 9.17) is 47.4 Å². The molecule has 1 saturated carbocycles. The van der Waals surface area contributed by atoms with Crippen LogP contribution in [0.25, 0.3) is 0 Å². The van der Waals surface area contributed by atoms with Crippen LogP contribution in [-0.4, -0.2) is 80.3 Å². The zero-order chi connectivity index (χ0) is 36.7. The molecule has 1 unspecified atom stereocenters. The molecule has 284 valence electrons. The Labute approximate surface area is 315 Å². The minimum absolute atomic E-state index is 0.184. The molecule has 0 amide bonds. The van der Waals surface area contributed by atoms with E-state index in [0.29, 0.717) is 26.2 Å². The first-order valence-electron chi connectivity index (χ1n) is 18.6. The molecule has 0 radical (unpaired) electrons. The van der Waals surface area contributed by atoms with Crippen LogP contribution in [0.5, 0.6) is 0 Å². The molecule has 4 saturated heterocycles. The smallest absolute Gasteiger partial charge is 0.303 e. The van der Waals surface area contributed by atoms with Crippen molar-refractivity contribution in [3.63, 3.8) is 0 Å². The van der Waals surface area contributed by atoms with Gasteiger partial charge >= 0.3 is 5.97 Å². The molecule has 0 N–H and O–H groups in total. The summed E-state index contributed by atoms with van der Waals surface area (Å²) in [6.45, 7) is 1.94. The van der Waals surface area contributed by atoms with Crippen molar-refractivity contribution >= 4 is 5.97 Å². The summed E-state index contributed by atoms with van der Waals surface area (Å²) in [7, 11) is 0. The van der Waals surface area contributed by atoms with Gasteiger partial charge in [0.2, 0.25) is 0 Å². The summed E-state index contributed by atoms with van der Waals surface area (Å²) in [5, 5.41) is 0. The highest BCUT2D eigenvalue weighted by Crippen LogP contribution is 2.44. The zero-order valence-electron chi connectivity index (χ0n) is 30.1. The number of rotatable bonds is 16. The summed E-state index contributed by atoms with van der Waals surface area (Å²) in [6.07, 6.45) is -5.97. The van der Waals surface area contributed by atoms with E-state index < -0.39 is 61.5 Å². The summed E-state index contributed by atoms with van der Waals surface area (Å²) < 4.78 is 64.4. The van der Waals surface area contributed by atoms with Gasteiger partial charge in [-0.05, 0) is 22.3 Å². The Balaban J connectivity index is 1.12. The average Bonchev–Trinajstić information content (AvgIpc) is 3.20. The molecule has 11 atom stereocenters. The van der Waals surface area contributed by atoms with E-state index in [9.17, 15) is 4.79 Å². The van der Waals surface area contributed by atoms with Crippen molar-refractivity contribution in [2.24, 2.45) is 0 Å². The van der Waals surface area contributed by atoms with Gasteiger partial charge in [-0.2, -0.15) is 0 Å². The number of ether oxygens (including phenoxy) is 10. The number of esters is 1. The van der Waals surface area contributed by atoms with Crippen LogP contribution >= 0.6 is 0 Å². The maximum Gasteiger partial charge on any atom is 0.303 e. The number of carbonyl (C=O) groups excluding carboxylic acids is 1. The molecule has 4 aromatic rings. The van der Waals surface area contributed by atoms with Gasteiger partial charge in [0, 0.05) is 13.3 Å². The van der Waals surface area contributed by atoms with E-state index in [1.807, 2.05) is 121 Å². The van der Waals surface area contributed by atoms with Gasteiger partial charge in [-0.1, -0.05) is 121 Å². The lowest BCUT2D eigenvalue weighted by atomic mass is 9.84. The molecule has 11 nitrogen and oxygen atoms in total. The summed E-state index contributed by atoms with van der Waals surface area (Å²) >= 11 is 0. The monoisotopic (exact) mass is 738 g/mol. The fourth-order valence-electron chi connectivity index (χ4n) is 7.55. The molecule has 9 rings (SSSR count). The summed E-state index contributed by atoms with van der Waals surface area (Å²) in [4.78, 5) is 12.2. The largest absolute Gasteiger partial charge is 0.457 e. The molecule has 4 aliphatic heterocycles. The van der Waals surface area contributed by atoms with Gasteiger partial charge in [-0.25, -0.2) is 0 Å². The highest BCUT2D eigenvalue weighted by molar-refractivity contribution is 5.66. The van der Waals surface area contributed by atoms with E-state index in [2.05, 4.69) is 0 Å². The van der Waals surface area contributed by atoms with E-state index in [1.54, 1.807) is 0 Å². The van der Waals surface area contributed by atoms with Crippen molar-refractivity contribution in [1.29, 1.82) is 0 Å². The molecule has 11 heteroatoms. The molecule has 4 aromatic carbocycles. The maximum absolute atomic E-state index is 12.2. The molecule has 54 heavy (non-hydrogen) atoms. The topological polar surface area (TPSA) is 109 Å². The van der Waals surface area contributed by atoms with Crippen LogP contribution in [0.15, 0.2) is 121 Å². The lowest BCUT2D eigenvalue weighted by Gasteiger charge is -2.56. The Morgan fingerprint density at radius 2 is 1.04 bits per heavy atom. The number of benzene rings is 4. The Kier molecular flexibility index (Phi) is 12.1. The van der Waals surface area contributed by atoms with Gasteiger partial charge in [0.25, 0.3) is 6.48 Å². The van der Waals surface area contributed by atoms with Crippen LogP contribution in [0.1, 0.15) is 35.6 Å². The standard InChI is InChI=1S/C43H46O11/c1-28(44)49-37-33-22-34-38(40(37)54-43(51-33)52-34)53-42-41(48-26-32-20-12-5-13-21-32)39(47-25-31-18-10-4-11-19-31)36(46-24-30-16-8-3-9-17-30)35(50-42)27-45-23-29-14-6-2-7-15-29/h2-21,33-43H,22-27H2,1H3/t33-,34+,35-,36-,37+,38+,39+,40-,41-,42+,43?/m1/s1. The second kappa shape index (κ2) is 17.6. The minimum Gasteiger partial charge on any atom is -0.457 e. The van der Waals surface area contributed by atoms with Crippen molar-refractivity contribution in [3.05, 3.63) is 144 Å². The molecular formula is C43H46O11. The number of hydrogen-bond donors (Lipinski definition) is 0. The van der Waals surface area contributed by atoms with Gasteiger partial charge in [-0.3, -0.25) is 4.79 Å². The SMILES string of the molecule is CC(=O)O[C@@H]1[C@H]2OC3O[C@@H](C[C@H]1O3)[C@@H]2O[C@@H]1O[C@H](COCc2ccccc2)[C@@H](OCc2ccccc2)[C@H](OCc2ccccc2)[C@H]1OCc1ccccc1. The lowest BCUT2D eigenvalue weighted by Crippen LogP contribution is -2.72. The fraction of sp³-hybridized carbons (Fsp3) is 0.419. The molecule has 4 bridgehead atoms. The van der Waals surface area contributed by atoms with Gasteiger partial charge in [0.05, 0.1) is 39.1 Å². The number of carbonyl (C=O) groups is 1. The molecule has 5 fully saturated rings. The van der Waals surface area contributed by atoms with Crippen molar-refractivity contribution in [2.45, 2.75) is 107 Å². The minimum atomic E-state index is -0.981. The van der Waals surface area contributed by atoms with E-state index in [-0.39, 0.29) is 25.4 Å². The second-order valence-corrected chi connectivity index (χ2v) is 14.0. The summed E-state index contributed by atoms with van der Waals surface area (Å²) in [6, 6.07) is 39.9. The van der Waals surface area contributed by atoms with E-state index in [0.717, 1.165) is 22.3 Å². The average molecular weight is 739 g/mol. The van der Waals surface area contributed by atoms with Crippen LogP contribution < -0.4 is 0 Å². The van der Waals surface area contributed by atoms with E-state index >= 15 is 0 Å². The first-order chi connectivity index (χ1) is 26.6. The molecule has 0 aromatic heterocycles. The highest BCUT2D eigenvalue weighted by Gasteiger charge is 2.61. The molecule has 0 spiro atoms. The molecular weight excluding hydrogens is 692 g/mol. The fourth-order valence-corrected chi connectivity index (χ4v) is 7.55. The Morgan fingerprint density at radius 1 is 0.556 bits per heavy atom. The van der Waals surface area contributed by atoms with Crippen molar-refractivity contribution < 1.29 is 52.2 Å². The van der Waals surface area contributed by atoms with Gasteiger partial charge < -0.3 is 47.4 Å². The Bertz CT molecular complexity index is 1750. The van der Waals surface area contributed by atoms with Crippen LogP contribution in [0.2, 0.25) is 0 Å². The third kappa shape index (κ3) is 8.92. The van der Waals surface area contributed by atoms with Crippen molar-refractivity contribution in [2.75, 3.05) is 6.61 Å². The molecule has 5 aliphatic rings. The van der Waals surface area contributed by atoms with Crippen molar-refractivity contribution in [3.8, 4) is 0 Å². The summed E-state index contributed by atoms with van der Waals surface area (Å²) in [5.41, 5.74) is 4.01. The molecule has 1 aliphatic carbocycles. The van der Waals surface area contributed by atoms with Gasteiger partial charge in [-0.15, -0.1) is 0 Å². The van der Waals surface area contributed by atoms with Gasteiger partial charge in [0.15, 0.2) is 12.4 Å². The third-order valence-electron chi connectivity index (χ3n) is 10.1.